The first-order valence-corrected chi connectivity index (χ1v) is 4.38. The molecule has 12 heavy (non-hydrogen) atoms. The van der Waals surface area contributed by atoms with Crippen molar-refractivity contribution in [3.05, 3.63) is 0 Å². The maximum Gasteiger partial charge on any atom is 0.217 e. The highest BCUT2D eigenvalue weighted by Crippen LogP contribution is 2.15. The summed E-state index contributed by atoms with van der Waals surface area (Å²) in [4.78, 5) is 10.7. The molecule has 1 saturated carbocycles. The number of nitrogens with two attached hydrogens (primary N) is 2. The number of nitrogens with one attached hydrogen (secondary N) is 1. The van der Waals surface area contributed by atoms with Gasteiger partial charge in [-0.15, -0.1) is 0 Å². The summed E-state index contributed by atoms with van der Waals surface area (Å²) < 4.78 is 0. The summed E-state index contributed by atoms with van der Waals surface area (Å²) in [6.45, 7) is 1.53. The maximum absolute atomic E-state index is 10.7. The van der Waals surface area contributed by atoms with E-state index in [9.17, 15) is 4.79 Å². The van der Waals surface area contributed by atoms with Crippen molar-refractivity contribution in [3.8, 4) is 0 Å². The maximum atomic E-state index is 10.7. The summed E-state index contributed by atoms with van der Waals surface area (Å²) in [6.07, 6.45) is 2.67. The van der Waals surface area contributed by atoms with Crippen LogP contribution in [0.3, 0.4) is 0 Å². The number of hydrogen-bond donors (Lipinski definition) is 3. The average molecular weight is 171 g/mol. The monoisotopic (exact) mass is 171 g/mol. The van der Waals surface area contributed by atoms with Gasteiger partial charge in [-0.3, -0.25) is 4.79 Å². The standard InChI is InChI=1S/C8H17N3O/c1-5(12)11-6-2-3-7(9)8(10)4-6/h6-8H,2-4,9-10H2,1H3,(H,11,12)/t6-,7+,8+/m0/s1. The van der Waals surface area contributed by atoms with Crippen molar-refractivity contribution < 1.29 is 4.79 Å². The van der Waals surface area contributed by atoms with Crippen LogP contribution in [-0.4, -0.2) is 24.0 Å². The molecule has 0 spiro atoms. The Balaban J connectivity index is 2.35. The fourth-order valence-corrected chi connectivity index (χ4v) is 1.65. The van der Waals surface area contributed by atoms with Gasteiger partial charge >= 0.3 is 0 Å². The van der Waals surface area contributed by atoms with Crippen molar-refractivity contribution in [3.63, 3.8) is 0 Å². The molecule has 5 N–H and O–H groups in total. The first kappa shape index (κ1) is 9.48. The summed E-state index contributed by atoms with van der Waals surface area (Å²) in [5, 5.41) is 2.86. The molecule has 0 aromatic heterocycles. The molecule has 3 atom stereocenters. The molecule has 0 unspecified atom stereocenters. The summed E-state index contributed by atoms with van der Waals surface area (Å²) >= 11 is 0. The Labute approximate surface area is 72.7 Å². The molecule has 0 bridgehead atoms. The van der Waals surface area contributed by atoms with Crippen molar-refractivity contribution in [2.75, 3.05) is 0 Å². The van der Waals surface area contributed by atoms with Crippen molar-refractivity contribution in [2.24, 2.45) is 11.5 Å². The highest BCUT2D eigenvalue weighted by atomic mass is 16.1. The SMILES string of the molecule is CC(=O)N[C@H]1CC[C@@H](N)[C@H](N)C1. The number of amides is 1. The van der Waals surface area contributed by atoms with Gasteiger partial charge in [-0.2, -0.15) is 0 Å². The highest BCUT2D eigenvalue weighted by molar-refractivity contribution is 5.73. The van der Waals surface area contributed by atoms with Crippen LogP contribution in [0, 0.1) is 0 Å². The number of rotatable bonds is 1. The van der Waals surface area contributed by atoms with Crippen molar-refractivity contribution in [1.29, 1.82) is 0 Å². The smallest absolute Gasteiger partial charge is 0.217 e. The molecule has 1 aliphatic carbocycles. The molecule has 1 aliphatic rings. The van der Waals surface area contributed by atoms with Crippen LogP contribution in [0.2, 0.25) is 0 Å². The summed E-state index contributed by atoms with van der Waals surface area (Å²) in [7, 11) is 0. The van der Waals surface area contributed by atoms with Gasteiger partial charge < -0.3 is 16.8 Å². The first-order chi connectivity index (χ1) is 5.59. The van der Waals surface area contributed by atoms with E-state index in [4.69, 9.17) is 11.5 Å². The minimum absolute atomic E-state index is 0.0164. The lowest BCUT2D eigenvalue weighted by molar-refractivity contribution is -0.119. The summed E-state index contributed by atoms with van der Waals surface area (Å²) in [5.74, 6) is 0.0164. The van der Waals surface area contributed by atoms with Gasteiger partial charge in [-0.25, -0.2) is 0 Å². The van der Waals surface area contributed by atoms with Gasteiger partial charge in [0.1, 0.15) is 0 Å². The van der Waals surface area contributed by atoms with E-state index in [0.29, 0.717) is 0 Å². The average Bonchev–Trinajstić information content (AvgIpc) is 1.96. The molecule has 0 aliphatic heterocycles. The number of carbonyl (C=O) groups excluding carboxylic acids is 1. The normalized spacial score (nSPS) is 36.1. The van der Waals surface area contributed by atoms with Crippen LogP contribution < -0.4 is 16.8 Å². The largest absolute Gasteiger partial charge is 0.354 e. The zero-order valence-electron chi connectivity index (χ0n) is 7.42. The summed E-state index contributed by atoms with van der Waals surface area (Å²) in [5.41, 5.74) is 11.5. The minimum Gasteiger partial charge on any atom is -0.354 e. The molecule has 0 radical (unpaired) electrons. The number of hydrogen-bond acceptors (Lipinski definition) is 3. The van der Waals surface area contributed by atoms with E-state index in [2.05, 4.69) is 5.32 Å². The predicted octanol–water partition coefficient (Wildman–Crippen LogP) is -0.670. The molecule has 0 aromatic rings. The zero-order valence-corrected chi connectivity index (χ0v) is 7.42. The van der Waals surface area contributed by atoms with Gasteiger partial charge in [-0.1, -0.05) is 0 Å². The van der Waals surface area contributed by atoms with Crippen LogP contribution >= 0.6 is 0 Å². The third-order valence-electron chi connectivity index (χ3n) is 2.36. The molecule has 1 fully saturated rings. The second-order valence-corrected chi connectivity index (χ2v) is 3.54. The van der Waals surface area contributed by atoms with Gasteiger partial charge in [0.25, 0.3) is 0 Å². The molecule has 1 amide bonds. The lowest BCUT2D eigenvalue weighted by atomic mass is 9.88. The Kier molecular flexibility index (Phi) is 3.05. The molecule has 4 heteroatoms. The molecule has 70 valence electrons. The van der Waals surface area contributed by atoms with E-state index in [1.54, 1.807) is 0 Å². The Hall–Kier alpha value is -0.610. The molecule has 0 heterocycles. The number of carbonyl (C=O) groups is 1. The van der Waals surface area contributed by atoms with Crippen LogP contribution in [0.25, 0.3) is 0 Å². The third-order valence-corrected chi connectivity index (χ3v) is 2.36. The predicted molar refractivity (Wildman–Crippen MR) is 47.4 cm³/mol. The van der Waals surface area contributed by atoms with Crippen LogP contribution in [0.1, 0.15) is 26.2 Å². The second kappa shape index (κ2) is 3.87. The zero-order chi connectivity index (χ0) is 9.14. The van der Waals surface area contributed by atoms with Gasteiger partial charge in [0, 0.05) is 25.0 Å². The van der Waals surface area contributed by atoms with E-state index in [1.807, 2.05) is 0 Å². The fraction of sp³-hybridized carbons (Fsp3) is 0.875. The summed E-state index contributed by atoms with van der Waals surface area (Å²) in [6, 6.07) is 0.378. The van der Waals surface area contributed by atoms with Crippen LogP contribution in [-0.2, 0) is 4.79 Å². The Bertz CT molecular complexity index is 172. The van der Waals surface area contributed by atoms with Gasteiger partial charge in [0.15, 0.2) is 0 Å². The van der Waals surface area contributed by atoms with E-state index < -0.39 is 0 Å². The lowest BCUT2D eigenvalue weighted by Crippen LogP contribution is -2.51. The van der Waals surface area contributed by atoms with Crippen molar-refractivity contribution in [2.45, 2.75) is 44.3 Å². The van der Waals surface area contributed by atoms with Gasteiger partial charge in [0.05, 0.1) is 0 Å². The van der Waals surface area contributed by atoms with Crippen LogP contribution in [0.5, 0.6) is 0 Å². The molecule has 0 aromatic carbocycles. The van der Waals surface area contributed by atoms with Crippen LogP contribution in [0.4, 0.5) is 0 Å². The van der Waals surface area contributed by atoms with E-state index in [0.717, 1.165) is 19.3 Å². The Morgan fingerprint density at radius 1 is 1.33 bits per heavy atom. The molecular weight excluding hydrogens is 154 g/mol. The Morgan fingerprint density at radius 2 is 2.00 bits per heavy atom. The highest BCUT2D eigenvalue weighted by Gasteiger charge is 2.25. The molecular formula is C8H17N3O. The first-order valence-electron chi connectivity index (χ1n) is 4.38. The fourth-order valence-electron chi connectivity index (χ4n) is 1.65. The van der Waals surface area contributed by atoms with Gasteiger partial charge in [0.2, 0.25) is 5.91 Å². The lowest BCUT2D eigenvalue weighted by Gasteiger charge is -2.31. The third kappa shape index (κ3) is 2.46. The second-order valence-electron chi connectivity index (χ2n) is 3.54. The van der Waals surface area contributed by atoms with Crippen molar-refractivity contribution >= 4 is 5.91 Å². The topological polar surface area (TPSA) is 81.1 Å². The molecule has 0 saturated heterocycles. The van der Waals surface area contributed by atoms with Crippen molar-refractivity contribution in [1.82, 2.24) is 5.32 Å². The van der Waals surface area contributed by atoms with Gasteiger partial charge in [-0.05, 0) is 19.3 Å². The molecule has 4 nitrogen and oxygen atoms in total. The van der Waals surface area contributed by atoms with Crippen LogP contribution in [0.15, 0.2) is 0 Å². The quantitative estimate of drug-likeness (QED) is 0.489. The minimum atomic E-state index is 0.0164. The van der Waals surface area contributed by atoms with E-state index >= 15 is 0 Å². The van der Waals surface area contributed by atoms with E-state index in [-0.39, 0.29) is 24.0 Å². The Morgan fingerprint density at radius 3 is 2.50 bits per heavy atom. The molecule has 1 rings (SSSR count). The van der Waals surface area contributed by atoms with E-state index in [1.165, 1.54) is 6.92 Å².